The van der Waals surface area contributed by atoms with Crippen molar-refractivity contribution in [1.29, 1.82) is 0 Å². The highest BCUT2D eigenvalue weighted by Gasteiger charge is 2.67. The lowest BCUT2D eigenvalue weighted by molar-refractivity contribution is -0.320. The molecule has 2 aliphatic rings. The van der Waals surface area contributed by atoms with Crippen LogP contribution < -0.4 is 0 Å². The SMILES string of the molecule is CC1CCC(C2CC(F)C(C(F)(F)C(F)(F)F)C(F)C2)C(F)C1. The van der Waals surface area contributed by atoms with Crippen molar-refractivity contribution in [3.05, 3.63) is 0 Å². The summed E-state index contributed by atoms with van der Waals surface area (Å²) < 4.78 is 106. The zero-order valence-corrected chi connectivity index (χ0v) is 12.6. The number of hydrogen-bond acceptors (Lipinski definition) is 0. The molecule has 0 saturated heterocycles. The van der Waals surface area contributed by atoms with Gasteiger partial charge in [0.25, 0.3) is 0 Å². The highest BCUT2D eigenvalue weighted by atomic mass is 19.4. The molecule has 0 aromatic rings. The lowest BCUT2D eigenvalue weighted by Gasteiger charge is -2.43. The van der Waals surface area contributed by atoms with Crippen LogP contribution in [-0.4, -0.2) is 30.6 Å². The van der Waals surface area contributed by atoms with Gasteiger partial charge < -0.3 is 0 Å². The van der Waals surface area contributed by atoms with E-state index in [9.17, 15) is 35.1 Å². The van der Waals surface area contributed by atoms with Gasteiger partial charge in [0, 0.05) is 0 Å². The van der Waals surface area contributed by atoms with Gasteiger partial charge in [-0.2, -0.15) is 22.0 Å². The van der Waals surface area contributed by atoms with Crippen LogP contribution in [0.1, 0.15) is 39.0 Å². The minimum absolute atomic E-state index is 0.134. The molecule has 23 heavy (non-hydrogen) atoms. The van der Waals surface area contributed by atoms with Crippen molar-refractivity contribution in [3.63, 3.8) is 0 Å². The van der Waals surface area contributed by atoms with Gasteiger partial charge in [0.1, 0.15) is 18.5 Å². The molecule has 0 heterocycles. The summed E-state index contributed by atoms with van der Waals surface area (Å²) >= 11 is 0. The molecule has 2 aliphatic carbocycles. The van der Waals surface area contributed by atoms with E-state index in [0.717, 1.165) is 0 Å². The van der Waals surface area contributed by atoms with Crippen LogP contribution in [0.25, 0.3) is 0 Å². The molecule has 8 heteroatoms. The van der Waals surface area contributed by atoms with Gasteiger partial charge in [0.2, 0.25) is 0 Å². The van der Waals surface area contributed by atoms with Crippen LogP contribution in [-0.2, 0) is 0 Å². The summed E-state index contributed by atoms with van der Waals surface area (Å²) in [4.78, 5) is 0. The Bertz CT molecular complexity index is 395. The lowest BCUT2D eigenvalue weighted by Crippen LogP contribution is -2.54. The van der Waals surface area contributed by atoms with Crippen molar-refractivity contribution in [2.45, 2.75) is 69.6 Å². The fraction of sp³-hybridized carbons (Fsp3) is 1.00. The molecular formula is C15H20F8. The van der Waals surface area contributed by atoms with E-state index in [1.54, 1.807) is 0 Å². The zero-order chi connectivity index (χ0) is 17.6. The van der Waals surface area contributed by atoms with Crippen molar-refractivity contribution in [2.24, 2.45) is 23.7 Å². The van der Waals surface area contributed by atoms with Gasteiger partial charge in [-0.3, -0.25) is 0 Å². The highest BCUT2D eigenvalue weighted by Crippen LogP contribution is 2.52. The first-order valence-electron chi connectivity index (χ1n) is 7.81. The Morgan fingerprint density at radius 2 is 1.26 bits per heavy atom. The lowest BCUT2D eigenvalue weighted by atomic mass is 9.66. The zero-order valence-electron chi connectivity index (χ0n) is 12.6. The van der Waals surface area contributed by atoms with E-state index in [2.05, 4.69) is 0 Å². The molecule has 0 radical (unpaired) electrons. The highest BCUT2D eigenvalue weighted by molar-refractivity contribution is 4.99. The van der Waals surface area contributed by atoms with Crippen LogP contribution in [0.15, 0.2) is 0 Å². The van der Waals surface area contributed by atoms with E-state index in [0.29, 0.717) is 12.8 Å². The molecule has 2 saturated carbocycles. The minimum atomic E-state index is -6.00. The van der Waals surface area contributed by atoms with E-state index >= 15 is 0 Å². The summed E-state index contributed by atoms with van der Waals surface area (Å²) in [6.07, 6.45) is -12.6. The molecule has 0 spiro atoms. The normalized spacial score (nSPS) is 43.4. The summed E-state index contributed by atoms with van der Waals surface area (Å²) in [5.41, 5.74) is 0. The van der Waals surface area contributed by atoms with E-state index in [1.165, 1.54) is 0 Å². The monoisotopic (exact) mass is 352 g/mol. The van der Waals surface area contributed by atoms with Crippen molar-refractivity contribution in [3.8, 4) is 0 Å². The Labute approximate surface area is 129 Å². The number of rotatable bonds is 2. The second-order valence-electron chi connectivity index (χ2n) is 7.01. The second-order valence-corrected chi connectivity index (χ2v) is 7.01. The maximum absolute atomic E-state index is 14.1. The Hall–Kier alpha value is -0.560. The topological polar surface area (TPSA) is 0 Å². The van der Waals surface area contributed by atoms with Gasteiger partial charge in [0.05, 0.1) is 5.92 Å². The third-order valence-electron chi connectivity index (χ3n) is 5.32. The van der Waals surface area contributed by atoms with E-state index in [-0.39, 0.29) is 12.3 Å². The Morgan fingerprint density at radius 3 is 1.70 bits per heavy atom. The van der Waals surface area contributed by atoms with E-state index < -0.39 is 61.2 Å². The number of halogens is 8. The summed E-state index contributed by atoms with van der Waals surface area (Å²) in [5, 5.41) is 0. The molecule has 2 rings (SSSR count). The largest absolute Gasteiger partial charge is 0.453 e. The van der Waals surface area contributed by atoms with Crippen LogP contribution in [0.5, 0.6) is 0 Å². The Morgan fingerprint density at radius 1 is 0.739 bits per heavy atom. The molecule has 5 atom stereocenters. The van der Waals surface area contributed by atoms with Crippen molar-refractivity contribution >= 4 is 0 Å². The fourth-order valence-corrected chi connectivity index (χ4v) is 4.05. The summed E-state index contributed by atoms with van der Waals surface area (Å²) in [6, 6.07) is 0. The van der Waals surface area contributed by atoms with Crippen molar-refractivity contribution < 1.29 is 35.1 Å². The van der Waals surface area contributed by atoms with Crippen LogP contribution in [0.4, 0.5) is 35.1 Å². The van der Waals surface area contributed by atoms with Gasteiger partial charge in [-0.1, -0.05) is 13.3 Å². The second kappa shape index (κ2) is 6.39. The van der Waals surface area contributed by atoms with Crippen LogP contribution in [0.2, 0.25) is 0 Å². The van der Waals surface area contributed by atoms with Crippen LogP contribution in [0, 0.1) is 23.7 Å². The fourth-order valence-electron chi connectivity index (χ4n) is 4.05. The van der Waals surface area contributed by atoms with Gasteiger partial charge in [-0.25, -0.2) is 13.2 Å². The first-order valence-corrected chi connectivity index (χ1v) is 7.81. The van der Waals surface area contributed by atoms with E-state index in [4.69, 9.17) is 0 Å². The van der Waals surface area contributed by atoms with Crippen molar-refractivity contribution in [2.75, 3.05) is 0 Å². The number of hydrogen-bond donors (Lipinski definition) is 0. The van der Waals surface area contributed by atoms with Crippen LogP contribution in [0.3, 0.4) is 0 Å². The Balaban J connectivity index is 2.11. The summed E-state index contributed by atoms with van der Waals surface area (Å²) in [7, 11) is 0. The van der Waals surface area contributed by atoms with Gasteiger partial charge in [0.15, 0.2) is 0 Å². The van der Waals surface area contributed by atoms with Gasteiger partial charge >= 0.3 is 12.1 Å². The predicted octanol–water partition coefficient (Wildman–Crippen LogP) is 5.66. The van der Waals surface area contributed by atoms with Crippen LogP contribution >= 0.6 is 0 Å². The third-order valence-corrected chi connectivity index (χ3v) is 5.32. The molecule has 0 N–H and O–H groups in total. The first-order chi connectivity index (χ1) is 10.4. The third kappa shape index (κ3) is 3.60. The maximum Gasteiger partial charge on any atom is 0.453 e. The molecule has 0 aromatic carbocycles. The molecule has 0 nitrogen and oxygen atoms in total. The molecular weight excluding hydrogens is 332 g/mol. The molecule has 0 aliphatic heterocycles. The Kier molecular flexibility index (Phi) is 5.22. The predicted molar refractivity (Wildman–Crippen MR) is 68.4 cm³/mol. The smallest absolute Gasteiger partial charge is 0.247 e. The molecule has 5 unspecified atom stereocenters. The summed E-state index contributed by atoms with van der Waals surface area (Å²) in [6.45, 7) is 1.85. The summed E-state index contributed by atoms with van der Waals surface area (Å²) in [5.74, 6) is -9.83. The molecule has 0 aromatic heterocycles. The maximum atomic E-state index is 14.1. The molecule has 0 amide bonds. The quantitative estimate of drug-likeness (QED) is 0.563. The minimum Gasteiger partial charge on any atom is -0.247 e. The van der Waals surface area contributed by atoms with Gasteiger partial charge in [-0.05, 0) is 43.4 Å². The standard InChI is InChI=1S/C15H20F8/c1-7-2-3-9(10(16)4-7)8-5-11(17)13(12(18)6-8)14(19,20)15(21,22)23/h7-13H,2-6H2,1H3. The van der Waals surface area contributed by atoms with E-state index in [1.807, 2.05) is 6.92 Å². The number of alkyl halides is 8. The molecule has 136 valence electrons. The first kappa shape index (κ1) is 18.8. The van der Waals surface area contributed by atoms with Crippen molar-refractivity contribution in [1.82, 2.24) is 0 Å². The average Bonchev–Trinajstić information content (AvgIpc) is 2.35. The molecule has 0 bridgehead atoms. The van der Waals surface area contributed by atoms with Gasteiger partial charge in [-0.15, -0.1) is 0 Å². The molecule has 2 fully saturated rings. The average molecular weight is 352 g/mol.